The molecule has 4 nitrogen and oxygen atoms in total. The molecule has 0 bridgehead atoms. The van der Waals surface area contributed by atoms with E-state index in [4.69, 9.17) is 0 Å². The van der Waals surface area contributed by atoms with Gasteiger partial charge in [-0.3, -0.25) is 9.48 Å². The SMILES string of the molecule is Cc1c(CCOC=O)nn(C)c1C. The third kappa shape index (κ3) is 2.08. The van der Waals surface area contributed by atoms with E-state index in [9.17, 15) is 4.79 Å². The van der Waals surface area contributed by atoms with Crippen LogP contribution in [0.2, 0.25) is 0 Å². The summed E-state index contributed by atoms with van der Waals surface area (Å²) in [6.45, 7) is 4.91. The van der Waals surface area contributed by atoms with Crippen LogP contribution in [0.3, 0.4) is 0 Å². The van der Waals surface area contributed by atoms with E-state index in [-0.39, 0.29) is 0 Å². The molecule has 0 spiro atoms. The van der Waals surface area contributed by atoms with E-state index in [1.807, 2.05) is 25.6 Å². The lowest BCUT2D eigenvalue weighted by Gasteiger charge is -1.96. The Balaban J connectivity index is 2.66. The molecule has 0 aliphatic rings. The molecule has 1 aromatic rings. The number of hydrogen-bond acceptors (Lipinski definition) is 3. The van der Waals surface area contributed by atoms with E-state index < -0.39 is 0 Å². The van der Waals surface area contributed by atoms with Crippen molar-refractivity contribution < 1.29 is 9.53 Å². The number of nitrogens with zero attached hydrogens (tertiary/aromatic N) is 2. The van der Waals surface area contributed by atoms with Gasteiger partial charge in [0.15, 0.2) is 0 Å². The summed E-state index contributed by atoms with van der Waals surface area (Å²) < 4.78 is 6.45. The Labute approximate surface area is 77.5 Å². The number of carbonyl (C=O) groups excluding carboxylic acids is 1. The van der Waals surface area contributed by atoms with E-state index in [0.29, 0.717) is 19.5 Å². The maximum Gasteiger partial charge on any atom is 0.293 e. The van der Waals surface area contributed by atoms with Crippen LogP contribution in [0.25, 0.3) is 0 Å². The van der Waals surface area contributed by atoms with Gasteiger partial charge in [-0.05, 0) is 19.4 Å². The van der Waals surface area contributed by atoms with E-state index in [1.54, 1.807) is 0 Å². The third-order valence-corrected chi connectivity index (χ3v) is 2.26. The van der Waals surface area contributed by atoms with E-state index in [0.717, 1.165) is 11.4 Å². The fourth-order valence-corrected chi connectivity index (χ4v) is 1.22. The molecule has 0 saturated heterocycles. The van der Waals surface area contributed by atoms with Gasteiger partial charge in [-0.1, -0.05) is 0 Å². The maximum atomic E-state index is 9.90. The molecule has 1 heterocycles. The topological polar surface area (TPSA) is 44.1 Å². The number of ether oxygens (including phenoxy) is 1. The van der Waals surface area contributed by atoms with E-state index in [1.165, 1.54) is 5.56 Å². The molecule has 0 fully saturated rings. The first kappa shape index (κ1) is 9.77. The van der Waals surface area contributed by atoms with Crippen molar-refractivity contribution in [3.63, 3.8) is 0 Å². The second-order valence-electron chi connectivity index (χ2n) is 3.00. The first-order chi connectivity index (χ1) is 6.16. The van der Waals surface area contributed by atoms with Gasteiger partial charge in [0.2, 0.25) is 0 Å². The van der Waals surface area contributed by atoms with Gasteiger partial charge in [-0.25, -0.2) is 0 Å². The quantitative estimate of drug-likeness (QED) is 0.510. The first-order valence-corrected chi connectivity index (χ1v) is 4.21. The zero-order valence-electron chi connectivity index (χ0n) is 8.20. The van der Waals surface area contributed by atoms with Gasteiger partial charge in [-0.15, -0.1) is 0 Å². The molecular weight excluding hydrogens is 168 g/mol. The Hall–Kier alpha value is -1.32. The molecule has 0 aliphatic heterocycles. The minimum absolute atomic E-state index is 0.404. The Kier molecular flexibility index (Phi) is 3.06. The summed E-state index contributed by atoms with van der Waals surface area (Å²) in [6.07, 6.45) is 0.687. The summed E-state index contributed by atoms with van der Waals surface area (Å²) in [7, 11) is 1.91. The summed E-state index contributed by atoms with van der Waals surface area (Å²) in [6, 6.07) is 0. The average molecular weight is 182 g/mol. The smallest absolute Gasteiger partial charge is 0.293 e. The predicted molar refractivity (Wildman–Crippen MR) is 48.4 cm³/mol. The summed E-state index contributed by atoms with van der Waals surface area (Å²) in [5.41, 5.74) is 3.33. The van der Waals surface area contributed by atoms with Crippen LogP contribution in [-0.4, -0.2) is 22.9 Å². The Bertz CT molecular complexity index is 305. The Morgan fingerprint density at radius 3 is 2.69 bits per heavy atom. The molecule has 4 heteroatoms. The lowest BCUT2D eigenvalue weighted by Crippen LogP contribution is -1.99. The van der Waals surface area contributed by atoms with Crippen LogP contribution in [0.15, 0.2) is 0 Å². The molecule has 0 amide bonds. The highest BCUT2D eigenvalue weighted by atomic mass is 16.5. The van der Waals surface area contributed by atoms with Crippen molar-refractivity contribution in [3.05, 3.63) is 17.0 Å². The van der Waals surface area contributed by atoms with Crippen LogP contribution in [0.4, 0.5) is 0 Å². The molecule has 0 aliphatic carbocycles. The second-order valence-corrected chi connectivity index (χ2v) is 3.00. The molecule has 0 unspecified atom stereocenters. The molecule has 0 atom stereocenters. The van der Waals surface area contributed by atoms with Gasteiger partial charge < -0.3 is 4.74 Å². The van der Waals surface area contributed by atoms with Gasteiger partial charge in [0.25, 0.3) is 6.47 Å². The predicted octanol–water partition coefficient (Wildman–Crippen LogP) is 0.752. The highest BCUT2D eigenvalue weighted by molar-refractivity contribution is 5.37. The number of carbonyl (C=O) groups is 1. The van der Waals surface area contributed by atoms with Crippen molar-refractivity contribution in [1.82, 2.24) is 9.78 Å². The molecule has 1 rings (SSSR count). The van der Waals surface area contributed by atoms with Crippen LogP contribution in [0.5, 0.6) is 0 Å². The largest absolute Gasteiger partial charge is 0.467 e. The zero-order valence-corrected chi connectivity index (χ0v) is 8.20. The van der Waals surface area contributed by atoms with Crippen molar-refractivity contribution in [2.45, 2.75) is 20.3 Å². The highest BCUT2D eigenvalue weighted by Crippen LogP contribution is 2.11. The fraction of sp³-hybridized carbons (Fsp3) is 0.556. The molecule has 13 heavy (non-hydrogen) atoms. The van der Waals surface area contributed by atoms with Crippen molar-refractivity contribution in [3.8, 4) is 0 Å². The van der Waals surface area contributed by atoms with Crippen LogP contribution < -0.4 is 0 Å². The van der Waals surface area contributed by atoms with Gasteiger partial charge in [0.1, 0.15) is 0 Å². The van der Waals surface area contributed by atoms with Crippen molar-refractivity contribution in [1.29, 1.82) is 0 Å². The number of hydrogen-bond donors (Lipinski definition) is 0. The second kappa shape index (κ2) is 4.07. The summed E-state index contributed by atoms with van der Waals surface area (Å²) in [4.78, 5) is 9.90. The van der Waals surface area contributed by atoms with Gasteiger partial charge in [0.05, 0.1) is 12.3 Å². The van der Waals surface area contributed by atoms with Crippen molar-refractivity contribution in [2.24, 2.45) is 7.05 Å². The minimum atomic E-state index is 0.404. The molecular formula is C9H14N2O2. The maximum absolute atomic E-state index is 9.90. The molecule has 1 aromatic heterocycles. The normalized spacial score (nSPS) is 10.1. The molecule has 0 saturated carbocycles. The van der Waals surface area contributed by atoms with Gasteiger partial charge >= 0.3 is 0 Å². The van der Waals surface area contributed by atoms with E-state index >= 15 is 0 Å². The minimum Gasteiger partial charge on any atom is -0.467 e. The monoisotopic (exact) mass is 182 g/mol. The van der Waals surface area contributed by atoms with Crippen LogP contribution >= 0.6 is 0 Å². The van der Waals surface area contributed by atoms with Crippen LogP contribution in [0, 0.1) is 13.8 Å². The Morgan fingerprint density at radius 1 is 1.54 bits per heavy atom. The number of rotatable bonds is 4. The summed E-state index contributed by atoms with van der Waals surface area (Å²) in [5, 5.41) is 4.30. The lowest BCUT2D eigenvalue weighted by molar-refractivity contribution is -0.128. The van der Waals surface area contributed by atoms with Crippen LogP contribution in [-0.2, 0) is 23.0 Å². The fourth-order valence-electron chi connectivity index (χ4n) is 1.22. The van der Waals surface area contributed by atoms with Gasteiger partial charge in [-0.2, -0.15) is 5.10 Å². The van der Waals surface area contributed by atoms with Gasteiger partial charge in [0, 0.05) is 19.2 Å². The zero-order chi connectivity index (χ0) is 9.84. The number of aromatic nitrogens is 2. The summed E-state index contributed by atoms with van der Waals surface area (Å²) in [5.74, 6) is 0. The average Bonchev–Trinajstić information content (AvgIpc) is 2.34. The number of aryl methyl sites for hydroxylation is 1. The third-order valence-electron chi connectivity index (χ3n) is 2.26. The Morgan fingerprint density at radius 2 is 2.23 bits per heavy atom. The molecule has 0 radical (unpaired) electrons. The van der Waals surface area contributed by atoms with Crippen LogP contribution in [0.1, 0.15) is 17.0 Å². The summed E-state index contributed by atoms with van der Waals surface area (Å²) >= 11 is 0. The van der Waals surface area contributed by atoms with Crippen molar-refractivity contribution >= 4 is 6.47 Å². The van der Waals surface area contributed by atoms with Crippen molar-refractivity contribution in [2.75, 3.05) is 6.61 Å². The standard InChI is InChI=1S/C9H14N2O2/c1-7-8(2)11(3)10-9(7)4-5-13-6-12/h6H,4-5H2,1-3H3. The molecule has 72 valence electrons. The first-order valence-electron chi connectivity index (χ1n) is 4.21. The molecule has 0 N–H and O–H groups in total. The lowest BCUT2D eigenvalue weighted by atomic mass is 10.2. The molecule has 0 aromatic carbocycles. The van der Waals surface area contributed by atoms with E-state index in [2.05, 4.69) is 9.84 Å². The highest BCUT2D eigenvalue weighted by Gasteiger charge is 2.07.